The van der Waals surface area contributed by atoms with Crippen LogP contribution in [-0.4, -0.2) is 19.7 Å². The summed E-state index contributed by atoms with van der Waals surface area (Å²) in [6.45, 7) is 4.40. The van der Waals surface area contributed by atoms with E-state index in [1.165, 1.54) is 11.8 Å². The van der Waals surface area contributed by atoms with E-state index >= 15 is 0 Å². The monoisotopic (exact) mass is 470 g/mol. The molecule has 0 aliphatic rings. The first-order chi connectivity index (χ1) is 16.2. The minimum absolute atomic E-state index is 0.206. The highest BCUT2D eigenvalue weighted by Gasteiger charge is 2.20. The van der Waals surface area contributed by atoms with Crippen molar-refractivity contribution >= 4 is 34.3 Å². The quantitative estimate of drug-likeness (QED) is 0.290. The predicted molar refractivity (Wildman–Crippen MR) is 135 cm³/mol. The van der Waals surface area contributed by atoms with Crippen LogP contribution < -0.4 is 5.56 Å². The summed E-state index contributed by atoms with van der Waals surface area (Å²) < 4.78 is 1.97. The Bertz CT molecular complexity index is 1510. The Kier molecular flexibility index (Phi) is 5.86. The number of nitrogens with zero attached hydrogens (tertiary/aromatic N) is 3. The smallest absolute Gasteiger partial charge is 0.263 e. The topological polar surface area (TPSA) is 63.6 Å². The Labute approximate surface area is 199 Å². The third-order valence-electron chi connectivity index (χ3n) is 5.25. The molecule has 0 aliphatic heterocycles. The van der Waals surface area contributed by atoms with Gasteiger partial charge in [0.05, 0.1) is 10.4 Å². The number of aromatic nitrogens is 4. The molecule has 33 heavy (non-hydrogen) atoms. The summed E-state index contributed by atoms with van der Waals surface area (Å²) >= 11 is 7.50. The molecule has 0 atom stereocenters. The minimum Gasteiger partial charge on any atom is -0.321 e. The van der Waals surface area contributed by atoms with Crippen LogP contribution in [0.1, 0.15) is 0 Å². The number of hydrogen-bond donors (Lipinski definition) is 1. The van der Waals surface area contributed by atoms with Gasteiger partial charge in [0.1, 0.15) is 0 Å². The van der Waals surface area contributed by atoms with E-state index in [1.54, 1.807) is 12.1 Å². The number of benzene rings is 3. The fourth-order valence-corrected chi connectivity index (χ4v) is 4.97. The number of allylic oxidation sites excluding steroid dienone is 1. The molecule has 5 aromatic rings. The maximum absolute atomic E-state index is 13.3. The van der Waals surface area contributed by atoms with E-state index in [9.17, 15) is 4.79 Å². The first-order valence-corrected chi connectivity index (χ1v) is 11.5. The molecule has 7 heteroatoms. The Morgan fingerprint density at radius 1 is 0.970 bits per heavy atom. The largest absolute Gasteiger partial charge is 0.321 e. The van der Waals surface area contributed by atoms with Gasteiger partial charge in [-0.1, -0.05) is 84.4 Å². The first kappa shape index (κ1) is 21.2. The molecular weight excluding hydrogens is 452 g/mol. The lowest BCUT2D eigenvalue weighted by atomic mass is 10.0. The molecule has 3 aromatic carbocycles. The first-order valence-electron chi connectivity index (χ1n) is 10.3. The summed E-state index contributed by atoms with van der Waals surface area (Å²) in [5.41, 5.74) is 3.21. The van der Waals surface area contributed by atoms with Crippen molar-refractivity contribution in [2.45, 2.75) is 16.6 Å². The highest BCUT2D eigenvalue weighted by atomic mass is 35.5. The average molecular weight is 471 g/mol. The Balaban J connectivity index is 1.71. The van der Waals surface area contributed by atoms with Crippen molar-refractivity contribution in [3.05, 3.63) is 107 Å². The van der Waals surface area contributed by atoms with E-state index in [4.69, 9.17) is 11.6 Å². The third-order valence-corrected chi connectivity index (χ3v) is 6.56. The van der Waals surface area contributed by atoms with Gasteiger partial charge in [-0.3, -0.25) is 9.36 Å². The Hall–Kier alpha value is -3.61. The van der Waals surface area contributed by atoms with Crippen molar-refractivity contribution in [2.24, 2.45) is 0 Å². The second-order valence-corrected chi connectivity index (χ2v) is 8.80. The minimum atomic E-state index is -0.206. The van der Waals surface area contributed by atoms with Gasteiger partial charge in [0.25, 0.3) is 5.56 Å². The maximum atomic E-state index is 13.3. The van der Waals surface area contributed by atoms with Crippen LogP contribution in [0.25, 0.3) is 33.4 Å². The fourth-order valence-electron chi connectivity index (χ4n) is 3.79. The summed E-state index contributed by atoms with van der Waals surface area (Å²) in [4.78, 5) is 16.8. The summed E-state index contributed by atoms with van der Waals surface area (Å²) in [7, 11) is 0. The molecule has 0 amide bonds. The standard InChI is InChI=1S/C26H19ClN4OS/c1-2-15-31-24(18-11-7-4-8-12-18)29-30-26(31)33-23-22(17-9-5-3-6-10-17)20-14-13-19(27)16-21(20)28-25(23)32/h2-14,16H,1,15H2,(H,28,32). The second kappa shape index (κ2) is 9.10. The molecule has 162 valence electrons. The number of H-pyrrole nitrogens is 1. The molecule has 0 aliphatic carbocycles. The average Bonchev–Trinajstić information content (AvgIpc) is 3.23. The van der Waals surface area contributed by atoms with Gasteiger partial charge in [-0.05, 0) is 29.5 Å². The van der Waals surface area contributed by atoms with Gasteiger partial charge in [-0.2, -0.15) is 0 Å². The van der Waals surface area contributed by atoms with E-state index in [-0.39, 0.29) is 5.56 Å². The Morgan fingerprint density at radius 3 is 2.36 bits per heavy atom. The lowest BCUT2D eigenvalue weighted by molar-refractivity contribution is 0.731. The molecule has 0 saturated carbocycles. The third kappa shape index (κ3) is 4.11. The van der Waals surface area contributed by atoms with Gasteiger partial charge in [0.15, 0.2) is 11.0 Å². The number of pyridine rings is 1. The van der Waals surface area contributed by atoms with Crippen LogP contribution in [0.2, 0.25) is 5.02 Å². The lowest BCUT2D eigenvalue weighted by Gasteiger charge is -2.13. The van der Waals surface area contributed by atoms with Gasteiger partial charge in [0, 0.05) is 28.1 Å². The van der Waals surface area contributed by atoms with Crippen molar-refractivity contribution in [2.75, 3.05) is 0 Å². The number of rotatable bonds is 6. The van der Waals surface area contributed by atoms with Gasteiger partial charge in [0.2, 0.25) is 0 Å². The highest BCUT2D eigenvalue weighted by molar-refractivity contribution is 7.99. The van der Waals surface area contributed by atoms with Crippen molar-refractivity contribution in [3.8, 4) is 22.5 Å². The zero-order chi connectivity index (χ0) is 22.8. The molecule has 5 nitrogen and oxygen atoms in total. The van der Waals surface area contributed by atoms with Crippen LogP contribution in [0.5, 0.6) is 0 Å². The summed E-state index contributed by atoms with van der Waals surface area (Å²) in [5.74, 6) is 0.725. The van der Waals surface area contributed by atoms with E-state index in [1.807, 2.05) is 77.4 Å². The zero-order valence-electron chi connectivity index (χ0n) is 17.5. The summed E-state index contributed by atoms with van der Waals surface area (Å²) in [6, 6.07) is 25.3. The van der Waals surface area contributed by atoms with E-state index in [0.717, 1.165) is 27.9 Å². The molecular formula is C26H19ClN4OS. The fraction of sp³-hybridized carbons (Fsp3) is 0.0385. The molecule has 2 heterocycles. The highest BCUT2D eigenvalue weighted by Crippen LogP contribution is 2.38. The molecule has 0 fully saturated rings. The van der Waals surface area contributed by atoms with Crippen molar-refractivity contribution in [1.82, 2.24) is 19.7 Å². The molecule has 0 saturated heterocycles. The Morgan fingerprint density at radius 2 is 1.67 bits per heavy atom. The van der Waals surface area contributed by atoms with Crippen LogP contribution in [0.3, 0.4) is 0 Å². The molecule has 0 unspecified atom stereocenters. The number of fused-ring (bicyclic) bond motifs is 1. The number of halogens is 1. The summed E-state index contributed by atoms with van der Waals surface area (Å²) in [6.07, 6.45) is 1.80. The lowest BCUT2D eigenvalue weighted by Crippen LogP contribution is -2.11. The SMILES string of the molecule is C=CCn1c(Sc2c(-c3ccccc3)c3ccc(Cl)cc3[nH]c2=O)nnc1-c1ccccc1. The molecule has 5 rings (SSSR count). The number of hydrogen-bond acceptors (Lipinski definition) is 4. The van der Waals surface area contributed by atoms with Crippen LogP contribution in [0.15, 0.2) is 106 Å². The number of nitrogens with one attached hydrogen (secondary N) is 1. The molecule has 0 spiro atoms. The molecule has 0 radical (unpaired) electrons. The predicted octanol–water partition coefficient (Wildman–Crippen LogP) is 6.44. The van der Waals surface area contributed by atoms with Gasteiger partial charge >= 0.3 is 0 Å². The maximum Gasteiger partial charge on any atom is 0.263 e. The molecule has 1 N–H and O–H groups in total. The van der Waals surface area contributed by atoms with E-state index in [2.05, 4.69) is 21.8 Å². The van der Waals surface area contributed by atoms with Crippen molar-refractivity contribution in [1.29, 1.82) is 0 Å². The summed E-state index contributed by atoms with van der Waals surface area (Å²) in [5, 5.41) is 10.9. The number of aromatic amines is 1. The van der Waals surface area contributed by atoms with Crippen LogP contribution in [0.4, 0.5) is 0 Å². The normalized spacial score (nSPS) is 11.1. The van der Waals surface area contributed by atoms with Crippen molar-refractivity contribution in [3.63, 3.8) is 0 Å². The van der Waals surface area contributed by atoms with Gasteiger partial charge in [-0.25, -0.2) is 0 Å². The van der Waals surface area contributed by atoms with Crippen LogP contribution in [0, 0.1) is 0 Å². The van der Waals surface area contributed by atoms with E-state index < -0.39 is 0 Å². The molecule has 2 aromatic heterocycles. The zero-order valence-corrected chi connectivity index (χ0v) is 19.1. The van der Waals surface area contributed by atoms with Gasteiger partial charge in [-0.15, -0.1) is 16.8 Å². The van der Waals surface area contributed by atoms with Crippen LogP contribution >= 0.6 is 23.4 Å². The van der Waals surface area contributed by atoms with Crippen molar-refractivity contribution < 1.29 is 0 Å². The van der Waals surface area contributed by atoms with Crippen LogP contribution in [-0.2, 0) is 6.54 Å². The van der Waals surface area contributed by atoms with E-state index in [0.29, 0.717) is 27.1 Å². The second-order valence-electron chi connectivity index (χ2n) is 7.39. The molecule has 0 bridgehead atoms. The van der Waals surface area contributed by atoms with Gasteiger partial charge < -0.3 is 4.98 Å².